The summed E-state index contributed by atoms with van der Waals surface area (Å²) >= 11 is 2.73. The number of halogens is 8. The van der Waals surface area contributed by atoms with Crippen molar-refractivity contribution in [3.05, 3.63) is 34.1 Å². The van der Waals surface area contributed by atoms with Crippen LogP contribution in [-0.4, -0.2) is 18.1 Å². The van der Waals surface area contributed by atoms with Gasteiger partial charge >= 0.3 is 12.4 Å². The molecule has 9 heteroatoms. The minimum atomic E-state index is -5.84. The van der Waals surface area contributed by atoms with Gasteiger partial charge in [-0.25, -0.2) is 4.39 Å². The van der Waals surface area contributed by atoms with Crippen molar-refractivity contribution in [2.24, 2.45) is 5.92 Å². The summed E-state index contributed by atoms with van der Waals surface area (Å²) in [5.41, 5.74) is -1.27. The zero-order valence-corrected chi connectivity index (χ0v) is 10.3. The molecule has 0 aliphatic carbocycles. The fourth-order valence-corrected chi connectivity index (χ4v) is 1.69. The summed E-state index contributed by atoms with van der Waals surface area (Å²) in [6.07, 6.45) is -11.7. The highest BCUT2D eigenvalue weighted by atomic mass is 79.9. The van der Waals surface area contributed by atoms with Gasteiger partial charge in [-0.05, 0) is 18.2 Å². The fourth-order valence-electron chi connectivity index (χ4n) is 1.32. The van der Waals surface area contributed by atoms with E-state index in [9.17, 15) is 35.5 Å². The number of hydrogen-bond acceptors (Lipinski definition) is 1. The Labute approximate surface area is 110 Å². The first-order valence-corrected chi connectivity index (χ1v) is 5.36. The Hall–Kier alpha value is -1.12. The normalized spacial score (nSPS) is 12.9. The third kappa shape index (κ3) is 3.68. The molecule has 1 nitrogen and oxygen atoms in total. The molecule has 0 saturated heterocycles. The maximum absolute atomic E-state index is 13.2. The molecule has 19 heavy (non-hydrogen) atoms. The molecule has 0 radical (unpaired) electrons. The third-order valence-corrected chi connectivity index (χ3v) is 2.60. The first-order valence-electron chi connectivity index (χ1n) is 4.57. The van der Waals surface area contributed by atoms with Crippen LogP contribution < -0.4 is 0 Å². The molecule has 0 fully saturated rings. The second-order valence-electron chi connectivity index (χ2n) is 3.50. The van der Waals surface area contributed by atoms with E-state index in [0.29, 0.717) is 12.1 Å². The van der Waals surface area contributed by atoms with E-state index in [1.807, 2.05) is 0 Å². The van der Waals surface area contributed by atoms with Gasteiger partial charge in [0.15, 0.2) is 5.78 Å². The number of carbonyl (C=O) groups is 1. The second kappa shape index (κ2) is 5.10. The first kappa shape index (κ1) is 15.9. The van der Waals surface area contributed by atoms with Crippen LogP contribution in [0.3, 0.4) is 0 Å². The van der Waals surface area contributed by atoms with Crippen LogP contribution in [0, 0.1) is 11.7 Å². The maximum atomic E-state index is 13.2. The Balaban J connectivity index is 3.32. The largest absolute Gasteiger partial charge is 0.407 e. The summed E-state index contributed by atoms with van der Waals surface area (Å²) in [6, 6.07) is 2.21. The van der Waals surface area contributed by atoms with E-state index in [1.54, 1.807) is 0 Å². The van der Waals surface area contributed by atoms with E-state index in [-0.39, 0.29) is 4.47 Å². The number of Topliss-reactive ketones (excluding diaryl/α,β-unsaturated/α-hetero) is 1. The predicted molar refractivity (Wildman–Crippen MR) is 54.0 cm³/mol. The van der Waals surface area contributed by atoms with Crippen LogP contribution in [0.5, 0.6) is 0 Å². The molecule has 0 bridgehead atoms. The van der Waals surface area contributed by atoms with E-state index in [1.165, 1.54) is 0 Å². The molecule has 0 aliphatic rings. The Morgan fingerprint density at radius 3 is 1.95 bits per heavy atom. The molecule has 1 rings (SSSR count). The predicted octanol–water partition coefficient (Wildman–Crippen LogP) is 4.51. The van der Waals surface area contributed by atoms with Gasteiger partial charge in [-0.1, -0.05) is 15.9 Å². The van der Waals surface area contributed by atoms with Gasteiger partial charge in [-0.2, -0.15) is 26.3 Å². The standard InChI is InChI=1S/C10H4BrF7O/c11-4-1-2-6(12)5(3-4)7(19)8(9(13,14)15)10(16,17)18/h1-3,8H. The van der Waals surface area contributed by atoms with Crippen molar-refractivity contribution in [1.29, 1.82) is 0 Å². The Morgan fingerprint density at radius 1 is 1.05 bits per heavy atom. The molecule has 1 aromatic rings. The summed E-state index contributed by atoms with van der Waals surface area (Å²) < 4.78 is 87.0. The van der Waals surface area contributed by atoms with Crippen LogP contribution in [0.25, 0.3) is 0 Å². The van der Waals surface area contributed by atoms with Crippen molar-refractivity contribution in [3.63, 3.8) is 0 Å². The number of carbonyl (C=O) groups excluding carboxylic acids is 1. The smallest absolute Gasteiger partial charge is 0.293 e. The molecule has 0 aromatic heterocycles. The molecule has 106 valence electrons. The lowest BCUT2D eigenvalue weighted by Gasteiger charge is -2.21. The van der Waals surface area contributed by atoms with E-state index in [4.69, 9.17) is 0 Å². The van der Waals surface area contributed by atoms with Crippen molar-refractivity contribution < 1.29 is 35.5 Å². The number of hydrogen-bond donors (Lipinski definition) is 0. The lowest BCUT2D eigenvalue weighted by Crippen LogP contribution is -2.42. The van der Waals surface area contributed by atoms with Crippen molar-refractivity contribution in [1.82, 2.24) is 0 Å². The van der Waals surface area contributed by atoms with E-state index < -0.39 is 35.4 Å². The molecule has 0 heterocycles. The zero-order valence-electron chi connectivity index (χ0n) is 8.74. The summed E-state index contributed by atoms with van der Waals surface area (Å²) in [5.74, 6) is -8.07. The highest BCUT2D eigenvalue weighted by molar-refractivity contribution is 9.10. The quantitative estimate of drug-likeness (QED) is 0.565. The molecule has 0 aliphatic heterocycles. The van der Waals surface area contributed by atoms with Crippen LogP contribution in [0.4, 0.5) is 30.7 Å². The first-order chi connectivity index (χ1) is 8.44. The minimum absolute atomic E-state index is 0.0136. The van der Waals surface area contributed by atoms with E-state index in [2.05, 4.69) is 15.9 Å². The van der Waals surface area contributed by atoms with Gasteiger partial charge in [0.1, 0.15) is 5.82 Å². The van der Waals surface area contributed by atoms with Gasteiger partial charge in [0.25, 0.3) is 0 Å². The minimum Gasteiger partial charge on any atom is -0.293 e. The molecule has 0 amide bonds. The lowest BCUT2D eigenvalue weighted by molar-refractivity contribution is -0.264. The molecular weight excluding hydrogens is 349 g/mol. The van der Waals surface area contributed by atoms with Gasteiger partial charge < -0.3 is 0 Å². The summed E-state index contributed by atoms with van der Waals surface area (Å²) in [6.45, 7) is 0. The molecule has 0 atom stereocenters. The lowest BCUT2D eigenvalue weighted by atomic mass is 9.96. The molecule has 0 N–H and O–H groups in total. The van der Waals surface area contributed by atoms with E-state index >= 15 is 0 Å². The van der Waals surface area contributed by atoms with Crippen LogP contribution in [0.2, 0.25) is 0 Å². The zero-order chi connectivity index (χ0) is 15.0. The summed E-state index contributed by atoms with van der Waals surface area (Å²) in [7, 11) is 0. The molecule has 0 saturated carbocycles. The number of ketones is 1. The van der Waals surface area contributed by atoms with Crippen LogP contribution in [0.1, 0.15) is 10.4 Å². The van der Waals surface area contributed by atoms with Gasteiger partial charge in [0, 0.05) is 4.47 Å². The van der Waals surface area contributed by atoms with E-state index in [0.717, 1.165) is 6.07 Å². The average molecular weight is 353 g/mol. The summed E-state index contributed by atoms with van der Waals surface area (Å²) in [5, 5.41) is 0. The average Bonchev–Trinajstić information content (AvgIpc) is 2.17. The monoisotopic (exact) mass is 352 g/mol. The Morgan fingerprint density at radius 2 is 1.53 bits per heavy atom. The molecule has 0 unspecified atom stereocenters. The third-order valence-electron chi connectivity index (χ3n) is 2.11. The molecule has 1 aromatic carbocycles. The summed E-state index contributed by atoms with van der Waals surface area (Å²) in [4.78, 5) is 11.3. The van der Waals surface area contributed by atoms with Crippen LogP contribution >= 0.6 is 15.9 Å². The van der Waals surface area contributed by atoms with Crippen molar-refractivity contribution in [3.8, 4) is 0 Å². The van der Waals surface area contributed by atoms with Crippen LogP contribution in [0.15, 0.2) is 22.7 Å². The van der Waals surface area contributed by atoms with Crippen molar-refractivity contribution >= 4 is 21.7 Å². The number of alkyl halides is 6. The van der Waals surface area contributed by atoms with Gasteiger partial charge in [-0.15, -0.1) is 0 Å². The number of benzene rings is 1. The van der Waals surface area contributed by atoms with Gasteiger partial charge in [0.05, 0.1) is 5.56 Å². The van der Waals surface area contributed by atoms with Crippen LogP contribution in [-0.2, 0) is 0 Å². The molecule has 0 spiro atoms. The maximum Gasteiger partial charge on any atom is 0.407 e. The van der Waals surface area contributed by atoms with Gasteiger partial charge in [-0.3, -0.25) is 4.79 Å². The number of rotatable bonds is 2. The second-order valence-corrected chi connectivity index (χ2v) is 4.42. The highest BCUT2D eigenvalue weighted by Crippen LogP contribution is 2.41. The SMILES string of the molecule is O=C(c1cc(Br)ccc1F)C(C(F)(F)F)C(F)(F)F. The highest BCUT2D eigenvalue weighted by Gasteiger charge is 2.61. The topological polar surface area (TPSA) is 17.1 Å². The van der Waals surface area contributed by atoms with Gasteiger partial charge in [0.2, 0.25) is 5.92 Å². The Kier molecular flexibility index (Phi) is 4.28. The van der Waals surface area contributed by atoms with Crippen molar-refractivity contribution in [2.75, 3.05) is 0 Å². The Bertz CT molecular complexity index is 478. The van der Waals surface area contributed by atoms with Crippen molar-refractivity contribution in [2.45, 2.75) is 12.4 Å². The molecular formula is C10H4BrF7O. The fraction of sp³-hybridized carbons (Fsp3) is 0.300.